The minimum absolute atomic E-state index is 0.0492. The number of hydrogen-bond donors (Lipinski definition) is 1. The maximum absolute atomic E-state index is 12.7. The second-order valence-corrected chi connectivity index (χ2v) is 8.21. The Morgan fingerprint density at radius 2 is 1.70 bits per heavy atom. The highest BCUT2D eigenvalue weighted by Crippen LogP contribution is 2.23. The minimum atomic E-state index is -0.369. The molecular formula is C23H24ClN3O3. The summed E-state index contributed by atoms with van der Waals surface area (Å²) < 4.78 is 1.63. The van der Waals surface area contributed by atoms with Crippen LogP contribution in [0.15, 0.2) is 58.1 Å². The molecule has 1 N–H and O–H groups in total. The van der Waals surface area contributed by atoms with Gasteiger partial charge in [-0.25, -0.2) is 4.79 Å². The number of para-hydroxylation sites is 1. The second kappa shape index (κ2) is 8.98. The molecule has 0 bridgehead atoms. The third-order valence-corrected chi connectivity index (χ3v) is 6.10. The first kappa shape index (κ1) is 20.6. The van der Waals surface area contributed by atoms with Crippen molar-refractivity contribution in [2.75, 3.05) is 19.6 Å². The van der Waals surface area contributed by atoms with Crippen LogP contribution in [-0.2, 0) is 6.54 Å². The summed E-state index contributed by atoms with van der Waals surface area (Å²) in [5.74, 6) is 0.241. The lowest BCUT2D eigenvalue weighted by Gasteiger charge is -2.31. The maximum atomic E-state index is 12.7. The van der Waals surface area contributed by atoms with Crippen LogP contribution in [0.25, 0.3) is 10.9 Å². The lowest BCUT2D eigenvalue weighted by atomic mass is 9.89. The number of likely N-dealkylation sites (tertiary alicyclic amines) is 1. The van der Waals surface area contributed by atoms with Gasteiger partial charge in [-0.2, -0.15) is 0 Å². The molecule has 6 nitrogen and oxygen atoms in total. The highest BCUT2D eigenvalue weighted by molar-refractivity contribution is 6.30. The Kier molecular flexibility index (Phi) is 6.16. The van der Waals surface area contributed by atoms with E-state index in [0.717, 1.165) is 44.5 Å². The lowest BCUT2D eigenvalue weighted by Crippen LogP contribution is -2.37. The van der Waals surface area contributed by atoms with E-state index in [-0.39, 0.29) is 23.0 Å². The first-order valence-electron chi connectivity index (χ1n) is 10.3. The van der Waals surface area contributed by atoms with Crippen molar-refractivity contribution < 1.29 is 4.79 Å². The molecule has 7 heteroatoms. The fourth-order valence-electron chi connectivity index (χ4n) is 4.19. The van der Waals surface area contributed by atoms with Gasteiger partial charge in [0.15, 0.2) is 5.78 Å². The van der Waals surface area contributed by atoms with Crippen molar-refractivity contribution in [2.24, 2.45) is 5.92 Å². The zero-order chi connectivity index (χ0) is 21.1. The van der Waals surface area contributed by atoms with Crippen molar-refractivity contribution in [3.05, 3.63) is 80.0 Å². The van der Waals surface area contributed by atoms with Crippen LogP contribution in [0.4, 0.5) is 0 Å². The predicted octanol–water partition coefficient (Wildman–Crippen LogP) is 3.33. The van der Waals surface area contributed by atoms with Crippen LogP contribution in [0.5, 0.6) is 0 Å². The molecule has 0 unspecified atom stereocenters. The third-order valence-electron chi connectivity index (χ3n) is 5.85. The van der Waals surface area contributed by atoms with Crippen LogP contribution in [0.2, 0.25) is 5.02 Å². The molecule has 0 saturated carbocycles. The zero-order valence-corrected chi connectivity index (χ0v) is 17.4. The number of ketones is 1. The SMILES string of the molecule is O=C(c1ccc(Cl)cc1)C1CCN(CCCn2c(=O)[nH]c(=O)c3ccccc32)CC1. The standard InChI is InChI=1S/C23H24ClN3O3/c24-18-8-6-16(7-9-18)21(28)17-10-14-26(15-11-17)12-3-13-27-20-5-2-1-4-19(20)22(29)25-23(27)30/h1-2,4-9,17H,3,10-15H2,(H,25,29,30). The van der Waals surface area contributed by atoms with E-state index in [0.29, 0.717) is 22.5 Å². The Morgan fingerprint density at radius 3 is 2.43 bits per heavy atom. The molecule has 0 radical (unpaired) electrons. The van der Waals surface area contributed by atoms with Gasteiger partial charge in [-0.1, -0.05) is 23.7 Å². The van der Waals surface area contributed by atoms with Gasteiger partial charge in [0.2, 0.25) is 0 Å². The number of aromatic nitrogens is 2. The number of nitrogens with one attached hydrogen (secondary N) is 1. The maximum Gasteiger partial charge on any atom is 0.328 e. The van der Waals surface area contributed by atoms with Gasteiger partial charge in [-0.05, 0) is 75.3 Å². The van der Waals surface area contributed by atoms with E-state index in [1.54, 1.807) is 47.0 Å². The number of hydrogen-bond acceptors (Lipinski definition) is 4. The number of nitrogens with zero attached hydrogens (tertiary/aromatic N) is 2. The van der Waals surface area contributed by atoms with Crippen molar-refractivity contribution >= 4 is 28.3 Å². The summed E-state index contributed by atoms with van der Waals surface area (Å²) >= 11 is 5.91. The molecule has 1 aliphatic rings. The van der Waals surface area contributed by atoms with Crippen LogP contribution in [0, 0.1) is 5.92 Å². The topological polar surface area (TPSA) is 75.2 Å². The average Bonchev–Trinajstić information content (AvgIpc) is 2.76. The fourth-order valence-corrected chi connectivity index (χ4v) is 4.31. The largest absolute Gasteiger partial charge is 0.328 e. The van der Waals surface area contributed by atoms with Gasteiger partial charge in [-0.3, -0.25) is 19.1 Å². The van der Waals surface area contributed by atoms with Crippen LogP contribution in [-0.4, -0.2) is 39.9 Å². The van der Waals surface area contributed by atoms with E-state index < -0.39 is 0 Å². The highest BCUT2D eigenvalue weighted by Gasteiger charge is 2.25. The minimum Gasteiger partial charge on any atom is -0.303 e. The van der Waals surface area contributed by atoms with Crippen molar-refractivity contribution in [3.63, 3.8) is 0 Å². The lowest BCUT2D eigenvalue weighted by molar-refractivity contribution is 0.0838. The number of carbonyl (C=O) groups excluding carboxylic acids is 1. The molecule has 30 heavy (non-hydrogen) atoms. The van der Waals surface area contributed by atoms with Gasteiger partial charge in [0.05, 0.1) is 10.9 Å². The molecule has 1 fully saturated rings. The van der Waals surface area contributed by atoms with E-state index >= 15 is 0 Å². The van der Waals surface area contributed by atoms with E-state index in [1.807, 2.05) is 6.07 Å². The van der Waals surface area contributed by atoms with Gasteiger partial charge in [0.1, 0.15) is 0 Å². The summed E-state index contributed by atoms with van der Waals surface area (Å²) in [6, 6.07) is 14.3. The summed E-state index contributed by atoms with van der Waals surface area (Å²) in [5, 5.41) is 1.16. The van der Waals surface area contributed by atoms with Gasteiger partial charge >= 0.3 is 5.69 Å². The number of aromatic amines is 1. The van der Waals surface area contributed by atoms with Crippen molar-refractivity contribution in [2.45, 2.75) is 25.8 Å². The fraction of sp³-hybridized carbons (Fsp3) is 0.348. The van der Waals surface area contributed by atoms with Crippen LogP contribution >= 0.6 is 11.6 Å². The normalized spacial score (nSPS) is 15.5. The van der Waals surface area contributed by atoms with Crippen LogP contribution in [0.3, 0.4) is 0 Å². The zero-order valence-electron chi connectivity index (χ0n) is 16.6. The van der Waals surface area contributed by atoms with Crippen molar-refractivity contribution in [1.82, 2.24) is 14.5 Å². The molecule has 2 aromatic carbocycles. The summed E-state index contributed by atoms with van der Waals surface area (Å²) in [6.07, 6.45) is 2.47. The molecule has 0 atom stereocenters. The Labute approximate surface area is 179 Å². The molecule has 0 spiro atoms. The Bertz CT molecular complexity index is 1160. The third kappa shape index (κ3) is 4.40. The quantitative estimate of drug-likeness (QED) is 0.615. The number of carbonyl (C=O) groups is 1. The Hall–Kier alpha value is -2.70. The monoisotopic (exact) mass is 425 g/mol. The van der Waals surface area contributed by atoms with Crippen LogP contribution < -0.4 is 11.2 Å². The van der Waals surface area contributed by atoms with Crippen LogP contribution in [0.1, 0.15) is 29.6 Å². The molecule has 2 heterocycles. The molecule has 0 amide bonds. The summed E-state index contributed by atoms with van der Waals surface area (Å²) in [5.41, 5.74) is 0.672. The van der Waals surface area contributed by atoms with Gasteiger partial charge in [0.25, 0.3) is 5.56 Å². The van der Waals surface area contributed by atoms with Gasteiger partial charge < -0.3 is 4.90 Å². The number of rotatable bonds is 6. The number of piperidine rings is 1. The Morgan fingerprint density at radius 1 is 1.00 bits per heavy atom. The number of halogens is 1. The number of benzene rings is 2. The van der Waals surface area contributed by atoms with E-state index in [1.165, 1.54) is 0 Å². The van der Waals surface area contributed by atoms with E-state index in [2.05, 4.69) is 9.88 Å². The summed E-state index contributed by atoms with van der Waals surface area (Å²) in [4.78, 5) is 41.6. The second-order valence-electron chi connectivity index (χ2n) is 7.77. The molecule has 1 aromatic heterocycles. The number of Topliss-reactive ketones (excluding diaryl/α,β-unsaturated/α-hetero) is 1. The molecule has 3 aromatic rings. The summed E-state index contributed by atoms with van der Waals surface area (Å²) in [6.45, 7) is 3.12. The van der Waals surface area contributed by atoms with E-state index in [9.17, 15) is 14.4 Å². The van der Waals surface area contributed by atoms with Gasteiger partial charge in [-0.15, -0.1) is 0 Å². The smallest absolute Gasteiger partial charge is 0.303 e. The van der Waals surface area contributed by atoms with E-state index in [4.69, 9.17) is 11.6 Å². The number of H-pyrrole nitrogens is 1. The molecule has 1 aliphatic heterocycles. The van der Waals surface area contributed by atoms with Crippen molar-refractivity contribution in [1.29, 1.82) is 0 Å². The Balaban J connectivity index is 1.32. The average molecular weight is 426 g/mol. The van der Waals surface area contributed by atoms with Gasteiger partial charge in [0, 0.05) is 23.0 Å². The predicted molar refractivity (Wildman–Crippen MR) is 118 cm³/mol. The molecule has 4 rings (SSSR count). The number of aryl methyl sites for hydroxylation is 1. The molecule has 156 valence electrons. The first-order valence-corrected chi connectivity index (χ1v) is 10.6. The van der Waals surface area contributed by atoms with Crippen molar-refractivity contribution in [3.8, 4) is 0 Å². The molecule has 1 saturated heterocycles. The molecule has 0 aliphatic carbocycles. The highest BCUT2D eigenvalue weighted by atomic mass is 35.5. The number of fused-ring (bicyclic) bond motifs is 1. The first-order chi connectivity index (χ1) is 14.5. The molecular weight excluding hydrogens is 402 g/mol. The summed E-state index contributed by atoms with van der Waals surface area (Å²) in [7, 11) is 0.